The second kappa shape index (κ2) is 8.17. The van der Waals surface area contributed by atoms with Gasteiger partial charge in [0.25, 0.3) is 0 Å². The molecule has 0 aromatic rings. The Morgan fingerprint density at radius 3 is 1.35 bits per heavy atom. The molecule has 0 bridgehead atoms. The Balaban J connectivity index is 1.61. The predicted octanol–water partition coefficient (Wildman–Crippen LogP) is 6.71. The molecule has 0 saturated heterocycles. The van der Waals surface area contributed by atoms with Gasteiger partial charge in [0.05, 0.1) is 0 Å². The first kappa shape index (κ1) is 15.3. The molecule has 0 N–H and O–H groups in total. The van der Waals surface area contributed by atoms with Crippen LogP contribution in [0.2, 0.25) is 0 Å². The van der Waals surface area contributed by atoms with Gasteiger partial charge in [0.2, 0.25) is 0 Å². The van der Waals surface area contributed by atoms with Crippen molar-refractivity contribution in [1.82, 2.24) is 0 Å². The summed E-state index contributed by atoms with van der Waals surface area (Å²) in [5.74, 6) is 1.14. The zero-order valence-electron chi connectivity index (χ0n) is 13.5. The van der Waals surface area contributed by atoms with Crippen LogP contribution in [0.25, 0.3) is 0 Å². The second-order valence-corrected chi connectivity index (χ2v) is 10.6. The highest BCUT2D eigenvalue weighted by atomic mass is 31.1. The lowest BCUT2D eigenvalue weighted by molar-refractivity contribution is 0.385. The van der Waals surface area contributed by atoms with E-state index in [1.54, 1.807) is 83.2 Å². The summed E-state index contributed by atoms with van der Waals surface area (Å²) in [4.78, 5) is 0. The summed E-state index contributed by atoms with van der Waals surface area (Å²) in [5.41, 5.74) is 2.37. The maximum absolute atomic E-state index is 1.69. The molecule has 3 saturated carbocycles. The van der Waals surface area contributed by atoms with E-state index in [-0.39, 0.29) is 0 Å². The molecule has 0 atom stereocenters. The number of hydrogen-bond acceptors (Lipinski definition) is 0. The van der Waals surface area contributed by atoms with Crippen LogP contribution in [0.3, 0.4) is 0 Å². The minimum absolute atomic E-state index is 0.380. The normalized spacial score (nSPS) is 28.1. The van der Waals surface area contributed by atoms with Crippen molar-refractivity contribution in [3.8, 4) is 0 Å². The van der Waals surface area contributed by atoms with Gasteiger partial charge in [-0.05, 0) is 49.1 Å². The Morgan fingerprint density at radius 2 is 0.900 bits per heavy atom. The lowest BCUT2D eigenvalue weighted by Crippen LogP contribution is -2.25. The molecule has 1 heteroatoms. The second-order valence-electron chi connectivity index (χ2n) is 7.78. The summed E-state index contributed by atoms with van der Waals surface area (Å²) in [5, 5.41) is 0. The van der Waals surface area contributed by atoms with E-state index < -0.39 is 0 Å². The summed E-state index contributed by atoms with van der Waals surface area (Å²) in [7, 11) is 0.380. The number of hydrogen-bond donors (Lipinski definition) is 0. The van der Waals surface area contributed by atoms with Crippen LogP contribution < -0.4 is 0 Å². The van der Waals surface area contributed by atoms with Crippen molar-refractivity contribution < 1.29 is 0 Å². The third kappa shape index (κ3) is 4.22. The van der Waals surface area contributed by atoms with Gasteiger partial charge >= 0.3 is 0 Å². The van der Waals surface area contributed by atoms with Crippen LogP contribution in [0.1, 0.15) is 96.3 Å². The van der Waals surface area contributed by atoms with Gasteiger partial charge in [-0.25, -0.2) is 0 Å². The third-order valence-electron chi connectivity index (χ3n) is 6.28. The molecular formula is C19H35P. The van der Waals surface area contributed by atoms with Crippen LogP contribution in [0.15, 0.2) is 0 Å². The maximum Gasteiger partial charge on any atom is -0.0207 e. The van der Waals surface area contributed by atoms with Gasteiger partial charge in [0, 0.05) is 0 Å². The van der Waals surface area contributed by atoms with Crippen molar-refractivity contribution in [1.29, 1.82) is 0 Å². The van der Waals surface area contributed by atoms with Gasteiger partial charge in [0.1, 0.15) is 0 Å². The fourth-order valence-electron chi connectivity index (χ4n) is 5.09. The van der Waals surface area contributed by atoms with Crippen LogP contribution >= 0.6 is 7.92 Å². The van der Waals surface area contributed by atoms with E-state index in [1.165, 1.54) is 30.6 Å². The van der Waals surface area contributed by atoms with Crippen LogP contribution in [0, 0.1) is 5.92 Å². The molecule has 3 aliphatic rings. The molecule has 0 amide bonds. The highest BCUT2D eigenvalue weighted by molar-refractivity contribution is 7.59. The molecule has 0 aromatic carbocycles. The van der Waals surface area contributed by atoms with Crippen molar-refractivity contribution in [2.45, 2.75) is 108 Å². The molecule has 0 nitrogen and oxygen atoms in total. The van der Waals surface area contributed by atoms with Gasteiger partial charge in [0.15, 0.2) is 0 Å². The molecule has 0 unspecified atom stereocenters. The first-order chi connectivity index (χ1) is 9.93. The van der Waals surface area contributed by atoms with E-state index in [2.05, 4.69) is 0 Å². The Bertz CT molecular complexity index is 239. The van der Waals surface area contributed by atoms with E-state index >= 15 is 0 Å². The Labute approximate surface area is 128 Å². The summed E-state index contributed by atoms with van der Waals surface area (Å²) in [6.07, 6.45) is 25.2. The largest absolute Gasteiger partial charge is 0.100 e. The minimum atomic E-state index is 0.380. The molecule has 3 aliphatic carbocycles. The Hall–Kier alpha value is 0.430. The zero-order valence-corrected chi connectivity index (χ0v) is 14.4. The molecular weight excluding hydrogens is 259 g/mol. The Kier molecular flexibility index (Phi) is 6.26. The van der Waals surface area contributed by atoms with Crippen molar-refractivity contribution in [2.75, 3.05) is 6.16 Å². The lowest BCUT2D eigenvalue weighted by atomic mass is 9.91. The van der Waals surface area contributed by atoms with Gasteiger partial charge in [-0.2, -0.15) is 0 Å². The molecule has 0 spiro atoms. The fraction of sp³-hybridized carbons (Fsp3) is 1.00. The lowest BCUT2D eigenvalue weighted by Gasteiger charge is -2.41. The smallest absolute Gasteiger partial charge is 0.0207 e. The standard InChI is InChI=1S/C19H35P/c1-4-10-17(11-5-1)16-20(18-12-6-2-7-13-18)19-14-8-3-9-15-19/h17-19H,1-16H2. The van der Waals surface area contributed by atoms with Crippen molar-refractivity contribution >= 4 is 7.92 Å². The highest BCUT2D eigenvalue weighted by Crippen LogP contribution is 2.57. The zero-order chi connectivity index (χ0) is 13.6. The topological polar surface area (TPSA) is 0 Å². The molecule has 20 heavy (non-hydrogen) atoms. The molecule has 0 radical (unpaired) electrons. The number of rotatable bonds is 4. The van der Waals surface area contributed by atoms with Crippen LogP contribution in [0.5, 0.6) is 0 Å². The molecule has 0 aromatic heterocycles. The van der Waals surface area contributed by atoms with E-state index in [0.29, 0.717) is 7.92 Å². The summed E-state index contributed by atoms with van der Waals surface area (Å²) in [6.45, 7) is 0. The van der Waals surface area contributed by atoms with E-state index in [1.807, 2.05) is 0 Å². The van der Waals surface area contributed by atoms with Gasteiger partial charge in [-0.3, -0.25) is 0 Å². The highest BCUT2D eigenvalue weighted by Gasteiger charge is 2.32. The minimum Gasteiger partial charge on any atom is -0.100 e. The average Bonchev–Trinajstić information content (AvgIpc) is 2.55. The fourth-order valence-corrected chi connectivity index (χ4v) is 9.30. The Morgan fingerprint density at radius 1 is 0.500 bits per heavy atom. The van der Waals surface area contributed by atoms with Gasteiger partial charge in [-0.1, -0.05) is 70.6 Å². The monoisotopic (exact) mass is 294 g/mol. The summed E-state index contributed by atoms with van der Waals surface area (Å²) < 4.78 is 0. The summed E-state index contributed by atoms with van der Waals surface area (Å²) in [6, 6.07) is 0. The quantitative estimate of drug-likeness (QED) is 0.505. The molecule has 0 heterocycles. The molecule has 0 aliphatic heterocycles. The van der Waals surface area contributed by atoms with Gasteiger partial charge in [-0.15, -0.1) is 7.92 Å². The van der Waals surface area contributed by atoms with Crippen molar-refractivity contribution in [2.24, 2.45) is 5.92 Å². The first-order valence-corrected chi connectivity index (χ1v) is 11.4. The van der Waals surface area contributed by atoms with E-state index in [0.717, 1.165) is 5.92 Å². The SMILES string of the molecule is C1CCC(CP(C2CCCCC2)C2CCCCC2)CC1. The van der Waals surface area contributed by atoms with Crippen LogP contribution in [-0.4, -0.2) is 17.5 Å². The first-order valence-electron chi connectivity index (χ1n) is 9.69. The maximum atomic E-state index is 1.69. The van der Waals surface area contributed by atoms with Crippen LogP contribution in [-0.2, 0) is 0 Å². The van der Waals surface area contributed by atoms with Crippen molar-refractivity contribution in [3.63, 3.8) is 0 Å². The van der Waals surface area contributed by atoms with E-state index in [4.69, 9.17) is 0 Å². The summed E-state index contributed by atoms with van der Waals surface area (Å²) >= 11 is 0. The van der Waals surface area contributed by atoms with E-state index in [9.17, 15) is 0 Å². The molecule has 3 fully saturated rings. The predicted molar refractivity (Wildman–Crippen MR) is 92.1 cm³/mol. The van der Waals surface area contributed by atoms with Crippen LogP contribution in [0.4, 0.5) is 0 Å². The van der Waals surface area contributed by atoms with Crippen molar-refractivity contribution in [3.05, 3.63) is 0 Å². The molecule has 116 valence electrons. The van der Waals surface area contributed by atoms with Gasteiger partial charge < -0.3 is 0 Å². The average molecular weight is 294 g/mol. The third-order valence-corrected chi connectivity index (χ3v) is 10.1. The molecule has 3 rings (SSSR count).